The third-order valence-electron chi connectivity index (χ3n) is 4.59. The van der Waals surface area contributed by atoms with Crippen molar-refractivity contribution in [1.82, 2.24) is 9.38 Å². The molecule has 6 heteroatoms. The van der Waals surface area contributed by atoms with Gasteiger partial charge in [0.2, 0.25) is 0 Å². The quantitative estimate of drug-likeness (QED) is 0.636. The smallest absolute Gasteiger partial charge is 0.161 e. The Morgan fingerprint density at radius 3 is 2.71 bits per heavy atom. The molecule has 1 aliphatic rings. The first-order chi connectivity index (χ1) is 11.6. The summed E-state index contributed by atoms with van der Waals surface area (Å²) in [6.07, 6.45) is 3.55. The number of rotatable bonds is 1. The first-order valence-electron chi connectivity index (χ1n) is 7.61. The van der Waals surface area contributed by atoms with Crippen LogP contribution < -0.4 is 0 Å². The van der Waals surface area contributed by atoms with Gasteiger partial charge in [-0.05, 0) is 48.9 Å². The second kappa shape index (κ2) is 5.38. The topological polar surface area (TPSA) is 41.1 Å². The summed E-state index contributed by atoms with van der Waals surface area (Å²) in [5.41, 5.74) is 3.21. The van der Waals surface area contributed by atoms with E-state index in [1.807, 2.05) is 4.40 Å². The van der Waals surface area contributed by atoms with Gasteiger partial charge in [-0.15, -0.1) is 0 Å². The van der Waals surface area contributed by atoms with Crippen molar-refractivity contribution >= 4 is 5.65 Å². The monoisotopic (exact) mass is 327 g/mol. The summed E-state index contributed by atoms with van der Waals surface area (Å²) in [6.45, 7) is 0. The number of fused-ring (bicyclic) bond motifs is 3. The Morgan fingerprint density at radius 1 is 1.12 bits per heavy atom. The molecule has 3 nitrogen and oxygen atoms in total. The summed E-state index contributed by atoms with van der Waals surface area (Å²) < 4.78 is 42.5. The van der Waals surface area contributed by atoms with Gasteiger partial charge in [0.1, 0.15) is 11.5 Å². The number of nitriles is 1. The zero-order valence-corrected chi connectivity index (χ0v) is 12.6. The fraction of sp³-hybridized carbons (Fsp3) is 0.222. The molecule has 2 aromatic heterocycles. The molecule has 0 saturated carbocycles. The maximum Gasteiger partial charge on any atom is 0.161 e. The van der Waals surface area contributed by atoms with Crippen LogP contribution in [-0.2, 0) is 12.8 Å². The lowest BCUT2D eigenvalue weighted by atomic mass is 9.84. The highest BCUT2D eigenvalue weighted by Gasteiger charge is 2.27. The minimum absolute atomic E-state index is 0.189. The molecule has 0 aliphatic heterocycles. The summed E-state index contributed by atoms with van der Waals surface area (Å²) in [5.74, 6) is -3.18. The van der Waals surface area contributed by atoms with Crippen LogP contribution in [0.4, 0.5) is 13.2 Å². The van der Waals surface area contributed by atoms with Crippen molar-refractivity contribution in [3.8, 4) is 6.07 Å². The number of nitrogens with zero attached hydrogens (tertiary/aromatic N) is 3. The van der Waals surface area contributed by atoms with Crippen LogP contribution >= 0.6 is 0 Å². The van der Waals surface area contributed by atoms with E-state index in [1.165, 1.54) is 0 Å². The number of hydrogen-bond acceptors (Lipinski definition) is 2. The first-order valence-corrected chi connectivity index (χ1v) is 7.61. The molecule has 4 rings (SSSR count). The van der Waals surface area contributed by atoms with Gasteiger partial charge in [0, 0.05) is 18.0 Å². The molecule has 0 spiro atoms. The minimum Gasteiger partial charge on any atom is -0.304 e. The zero-order chi connectivity index (χ0) is 16.8. The Bertz CT molecular complexity index is 1000. The van der Waals surface area contributed by atoms with E-state index in [2.05, 4.69) is 11.1 Å². The Kier molecular flexibility index (Phi) is 3.31. The Labute approximate surface area is 136 Å². The van der Waals surface area contributed by atoms with E-state index in [1.54, 1.807) is 18.3 Å². The van der Waals surface area contributed by atoms with Crippen molar-refractivity contribution in [2.45, 2.75) is 25.2 Å². The summed E-state index contributed by atoms with van der Waals surface area (Å²) in [5, 5.41) is 8.97. The number of pyridine rings is 1. The van der Waals surface area contributed by atoms with Crippen LogP contribution in [0.2, 0.25) is 0 Å². The van der Waals surface area contributed by atoms with Gasteiger partial charge < -0.3 is 4.40 Å². The van der Waals surface area contributed by atoms with Crippen LogP contribution in [0.5, 0.6) is 0 Å². The molecular weight excluding hydrogens is 315 g/mol. The van der Waals surface area contributed by atoms with Crippen LogP contribution in [0.3, 0.4) is 0 Å². The lowest BCUT2D eigenvalue weighted by molar-refractivity contribution is 0.473. The number of imidazole rings is 1. The highest BCUT2D eigenvalue weighted by atomic mass is 19.2. The standard InChI is InChI=1S/C18H12F3N3/c19-13-8-15(21)14(20)7-12(13)11-1-2-17-16(6-11)23-18-5-10(9-22)3-4-24(17)18/h3-5,7-8,11H,1-2,6H2/t11-/m1/s1. The average Bonchev–Trinajstić information content (AvgIpc) is 2.94. The average molecular weight is 327 g/mol. The van der Waals surface area contributed by atoms with Crippen LogP contribution in [0.1, 0.15) is 34.9 Å². The molecule has 1 atom stereocenters. The Balaban J connectivity index is 1.74. The van der Waals surface area contributed by atoms with Crippen molar-refractivity contribution in [2.24, 2.45) is 0 Å². The van der Waals surface area contributed by atoms with Gasteiger partial charge in [-0.25, -0.2) is 18.2 Å². The second-order valence-corrected chi connectivity index (χ2v) is 5.99. The van der Waals surface area contributed by atoms with Gasteiger partial charge in [-0.2, -0.15) is 5.26 Å². The SMILES string of the molecule is N#Cc1ccn2c3c(nc2c1)C[C@H](c1cc(F)c(F)cc1F)CC3. The molecule has 0 fully saturated rings. The van der Waals surface area contributed by atoms with E-state index < -0.39 is 17.5 Å². The maximum absolute atomic E-state index is 14.0. The van der Waals surface area contributed by atoms with Crippen LogP contribution in [0.25, 0.3) is 5.65 Å². The van der Waals surface area contributed by atoms with E-state index in [-0.39, 0.29) is 11.5 Å². The lowest BCUT2D eigenvalue weighted by Gasteiger charge is -2.22. The number of aryl methyl sites for hydroxylation is 1. The molecular formula is C18H12F3N3. The fourth-order valence-corrected chi connectivity index (χ4v) is 3.40. The predicted octanol–water partition coefficient (Wildman–Crippen LogP) is 3.90. The fourth-order valence-electron chi connectivity index (χ4n) is 3.40. The van der Waals surface area contributed by atoms with Crippen molar-refractivity contribution < 1.29 is 13.2 Å². The highest BCUT2D eigenvalue weighted by Crippen LogP contribution is 2.34. The van der Waals surface area contributed by atoms with Crippen molar-refractivity contribution in [3.05, 3.63) is 70.4 Å². The summed E-state index contributed by atoms with van der Waals surface area (Å²) in [7, 11) is 0. The van der Waals surface area contributed by atoms with E-state index in [0.717, 1.165) is 17.5 Å². The molecule has 0 unspecified atom stereocenters. The molecule has 0 N–H and O–H groups in total. The van der Waals surface area contributed by atoms with Gasteiger partial charge >= 0.3 is 0 Å². The molecule has 0 bridgehead atoms. The minimum atomic E-state index is -1.18. The Hall–Kier alpha value is -2.81. The van der Waals surface area contributed by atoms with Crippen LogP contribution in [0, 0.1) is 28.8 Å². The molecule has 0 radical (unpaired) electrons. The lowest BCUT2D eigenvalue weighted by Crippen LogP contribution is -2.15. The second-order valence-electron chi connectivity index (χ2n) is 5.99. The summed E-state index contributed by atoms with van der Waals surface area (Å²) in [4.78, 5) is 4.53. The molecule has 24 heavy (non-hydrogen) atoms. The van der Waals surface area contributed by atoms with E-state index in [9.17, 15) is 13.2 Å². The number of hydrogen-bond donors (Lipinski definition) is 0. The molecule has 120 valence electrons. The maximum atomic E-state index is 14.0. The van der Waals surface area contributed by atoms with Crippen molar-refractivity contribution in [2.75, 3.05) is 0 Å². The van der Waals surface area contributed by atoms with E-state index in [0.29, 0.717) is 36.5 Å². The van der Waals surface area contributed by atoms with Crippen LogP contribution in [0.15, 0.2) is 30.5 Å². The van der Waals surface area contributed by atoms with E-state index >= 15 is 0 Å². The van der Waals surface area contributed by atoms with Gasteiger partial charge in [0.05, 0.1) is 17.3 Å². The largest absolute Gasteiger partial charge is 0.304 e. The molecule has 1 aliphatic carbocycles. The molecule has 2 heterocycles. The van der Waals surface area contributed by atoms with Gasteiger partial charge in [-0.1, -0.05) is 0 Å². The first kappa shape index (κ1) is 14.8. The number of benzene rings is 1. The third kappa shape index (κ3) is 2.24. The molecule has 0 saturated heterocycles. The number of halogens is 3. The zero-order valence-electron chi connectivity index (χ0n) is 12.6. The van der Waals surface area contributed by atoms with Gasteiger partial charge in [-0.3, -0.25) is 0 Å². The summed E-state index contributed by atoms with van der Waals surface area (Å²) in [6, 6.07) is 7.04. The predicted molar refractivity (Wildman–Crippen MR) is 81.0 cm³/mol. The highest BCUT2D eigenvalue weighted by molar-refractivity contribution is 5.50. The molecule has 1 aromatic carbocycles. The molecule has 0 amide bonds. The van der Waals surface area contributed by atoms with E-state index in [4.69, 9.17) is 5.26 Å². The number of aromatic nitrogens is 2. The van der Waals surface area contributed by atoms with Crippen LogP contribution in [-0.4, -0.2) is 9.38 Å². The molecule has 3 aromatic rings. The van der Waals surface area contributed by atoms with Crippen molar-refractivity contribution in [3.63, 3.8) is 0 Å². The Morgan fingerprint density at radius 2 is 1.92 bits per heavy atom. The van der Waals surface area contributed by atoms with Gasteiger partial charge in [0.25, 0.3) is 0 Å². The summed E-state index contributed by atoms with van der Waals surface area (Å²) >= 11 is 0. The third-order valence-corrected chi connectivity index (χ3v) is 4.59. The van der Waals surface area contributed by atoms with Gasteiger partial charge in [0.15, 0.2) is 11.6 Å². The van der Waals surface area contributed by atoms with Crippen molar-refractivity contribution in [1.29, 1.82) is 5.26 Å². The normalized spacial score (nSPS) is 16.8.